The molecule has 2 atom stereocenters. The third-order valence-electron chi connectivity index (χ3n) is 3.66. The first-order valence-electron chi connectivity index (χ1n) is 6.87. The molecule has 1 saturated heterocycles. The Balaban J connectivity index is 2.67. The second kappa shape index (κ2) is 6.75. The molecule has 1 heterocycles. The Morgan fingerprint density at radius 3 is 2.68 bits per heavy atom. The first-order chi connectivity index (χ1) is 8.97. The highest BCUT2D eigenvalue weighted by Gasteiger charge is 2.48. The van der Waals surface area contributed by atoms with E-state index in [1.165, 1.54) is 4.90 Å². The summed E-state index contributed by atoms with van der Waals surface area (Å²) in [5.41, 5.74) is -1.05. The summed E-state index contributed by atoms with van der Waals surface area (Å²) in [6, 6.07) is -0.439. The highest BCUT2D eigenvalue weighted by Crippen LogP contribution is 2.32. The van der Waals surface area contributed by atoms with Crippen molar-refractivity contribution in [2.75, 3.05) is 19.8 Å². The van der Waals surface area contributed by atoms with Crippen LogP contribution in [0.3, 0.4) is 0 Å². The van der Waals surface area contributed by atoms with E-state index in [-0.39, 0.29) is 12.1 Å². The van der Waals surface area contributed by atoms with Gasteiger partial charge in [-0.2, -0.15) is 0 Å². The average Bonchev–Trinajstić information content (AvgIpc) is 2.81. The number of nitrogens with one attached hydrogen (secondary N) is 1. The van der Waals surface area contributed by atoms with Crippen LogP contribution in [0.2, 0.25) is 0 Å². The summed E-state index contributed by atoms with van der Waals surface area (Å²) in [7, 11) is 0. The van der Waals surface area contributed by atoms with Gasteiger partial charge < -0.3 is 20.1 Å². The quantitative estimate of drug-likeness (QED) is 0.767. The van der Waals surface area contributed by atoms with Gasteiger partial charge in [0.05, 0.1) is 12.6 Å². The van der Waals surface area contributed by atoms with Crippen molar-refractivity contribution >= 4 is 12.0 Å². The summed E-state index contributed by atoms with van der Waals surface area (Å²) < 4.78 is 5.24. The van der Waals surface area contributed by atoms with Crippen LogP contribution in [0.4, 0.5) is 4.79 Å². The van der Waals surface area contributed by atoms with Crippen LogP contribution in [-0.4, -0.2) is 53.3 Å². The minimum Gasteiger partial charge on any atom is -0.479 e. The number of hydrogen-bond donors (Lipinski definition) is 2. The van der Waals surface area contributed by atoms with Gasteiger partial charge in [0.15, 0.2) is 0 Å². The molecule has 0 aromatic heterocycles. The minimum absolute atomic E-state index is 0.128. The predicted octanol–water partition coefficient (Wildman–Crippen LogP) is 1.45. The van der Waals surface area contributed by atoms with E-state index in [1.54, 1.807) is 0 Å². The number of hydrogen-bond acceptors (Lipinski definition) is 3. The lowest BCUT2D eigenvalue weighted by Gasteiger charge is -2.34. The maximum Gasteiger partial charge on any atom is 0.329 e. The number of carbonyl (C=O) groups excluding carboxylic acids is 1. The molecule has 2 unspecified atom stereocenters. The van der Waals surface area contributed by atoms with E-state index in [9.17, 15) is 14.7 Å². The maximum absolute atomic E-state index is 12.2. The van der Waals surface area contributed by atoms with E-state index >= 15 is 0 Å². The zero-order valence-electron chi connectivity index (χ0n) is 11.9. The van der Waals surface area contributed by atoms with Gasteiger partial charge in [0.2, 0.25) is 0 Å². The van der Waals surface area contributed by atoms with Crippen LogP contribution in [0.15, 0.2) is 0 Å². The predicted molar refractivity (Wildman–Crippen MR) is 71.1 cm³/mol. The van der Waals surface area contributed by atoms with Crippen LogP contribution in [0.5, 0.6) is 0 Å². The highest BCUT2D eigenvalue weighted by molar-refractivity contribution is 5.87. The number of rotatable bonds is 6. The molecule has 1 rings (SSSR count). The largest absolute Gasteiger partial charge is 0.479 e. The molecule has 0 aromatic carbocycles. The maximum atomic E-state index is 12.2. The summed E-state index contributed by atoms with van der Waals surface area (Å²) >= 11 is 0. The number of carboxylic acids is 1. The molecule has 2 amide bonds. The molecular weight excluding hydrogens is 248 g/mol. The van der Waals surface area contributed by atoms with Crippen molar-refractivity contribution in [3.05, 3.63) is 0 Å². The number of ether oxygens (including phenoxy) is 1. The van der Waals surface area contributed by atoms with Crippen molar-refractivity contribution in [1.82, 2.24) is 10.2 Å². The van der Waals surface area contributed by atoms with Gasteiger partial charge in [-0.25, -0.2) is 9.59 Å². The molecule has 1 fully saturated rings. The van der Waals surface area contributed by atoms with Crippen LogP contribution in [0, 0.1) is 0 Å². The van der Waals surface area contributed by atoms with Gasteiger partial charge in [-0.05, 0) is 33.1 Å². The molecule has 2 N–H and O–H groups in total. The fourth-order valence-electron chi connectivity index (χ4n) is 2.54. The number of nitrogens with zero attached hydrogens (tertiary/aromatic N) is 1. The third-order valence-corrected chi connectivity index (χ3v) is 3.66. The van der Waals surface area contributed by atoms with Gasteiger partial charge in [0.1, 0.15) is 5.54 Å². The van der Waals surface area contributed by atoms with E-state index in [2.05, 4.69) is 5.32 Å². The smallest absolute Gasteiger partial charge is 0.329 e. The van der Waals surface area contributed by atoms with Gasteiger partial charge in [-0.1, -0.05) is 6.92 Å². The van der Waals surface area contributed by atoms with Crippen LogP contribution in [0.25, 0.3) is 0 Å². The number of urea groups is 1. The van der Waals surface area contributed by atoms with E-state index < -0.39 is 11.5 Å². The minimum atomic E-state index is -1.05. The Morgan fingerprint density at radius 1 is 1.47 bits per heavy atom. The lowest BCUT2D eigenvalue weighted by Crippen LogP contribution is -2.57. The summed E-state index contributed by atoms with van der Waals surface area (Å²) in [6.45, 7) is 7.07. The molecule has 0 bridgehead atoms. The molecule has 0 radical (unpaired) electrons. The summed E-state index contributed by atoms with van der Waals surface area (Å²) in [6.07, 6.45) is 1.68. The average molecular weight is 272 g/mol. The van der Waals surface area contributed by atoms with E-state index in [0.717, 1.165) is 6.42 Å². The molecule has 6 heteroatoms. The Bertz CT molecular complexity index is 335. The Kier molecular flexibility index (Phi) is 5.60. The Morgan fingerprint density at radius 2 is 2.16 bits per heavy atom. The standard InChI is InChI=1S/C13H24N2O4/c1-4-13(11(16)17)7-6-8-15(13)12(18)14-10(3)9-19-5-2/h10H,4-9H2,1-3H3,(H,14,18)(H,16,17). The lowest BCUT2D eigenvalue weighted by atomic mass is 9.93. The molecule has 0 aliphatic carbocycles. The van der Waals surface area contributed by atoms with E-state index in [0.29, 0.717) is 32.6 Å². The molecule has 1 aliphatic rings. The summed E-state index contributed by atoms with van der Waals surface area (Å²) in [5, 5.41) is 12.2. The topological polar surface area (TPSA) is 78.9 Å². The fraction of sp³-hybridized carbons (Fsp3) is 0.846. The Hall–Kier alpha value is -1.30. The van der Waals surface area contributed by atoms with Crippen LogP contribution < -0.4 is 5.32 Å². The number of aliphatic carboxylic acids is 1. The van der Waals surface area contributed by atoms with Gasteiger partial charge in [0.25, 0.3) is 0 Å². The second-order valence-corrected chi connectivity index (χ2v) is 4.96. The van der Waals surface area contributed by atoms with Crippen LogP contribution >= 0.6 is 0 Å². The highest BCUT2D eigenvalue weighted by atomic mass is 16.5. The molecule has 110 valence electrons. The van der Waals surface area contributed by atoms with Crippen molar-refractivity contribution in [2.45, 2.75) is 51.6 Å². The summed E-state index contributed by atoms with van der Waals surface area (Å²) in [5.74, 6) is -0.917. The molecule has 19 heavy (non-hydrogen) atoms. The van der Waals surface area contributed by atoms with Crippen molar-refractivity contribution in [3.8, 4) is 0 Å². The molecule has 0 saturated carbocycles. The SMILES string of the molecule is CCOCC(C)NC(=O)N1CCCC1(CC)C(=O)O. The van der Waals surface area contributed by atoms with Crippen LogP contribution in [0.1, 0.15) is 40.0 Å². The van der Waals surface area contributed by atoms with Gasteiger partial charge >= 0.3 is 12.0 Å². The summed E-state index contributed by atoms with van der Waals surface area (Å²) in [4.78, 5) is 25.1. The van der Waals surface area contributed by atoms with Crippen molar-refractivity contribution in [3.63, 3.8) is 0 Å². The Labute approximate surface area is 114 Å². The van der Waals surface area contributed by atoms with Crippen molar-refractivity contribution < 1.29 is 19.4 Å². The van der Waals surface area contributed by atoms with E-state index in [1.807, 2.05) is 20.8 Å². The van der Waals surface area contributed by atoms with Gasteiger partial charge in [-0.3, -0.25) is 0 Å². The third kappa shape index (κ3) is 3.37. The first-order valence-corrected chi connectivity index (χ1v) is 6.87. The molecule has 6 nitrogen and oxygen atoms in total. The first kappa shape index (κ1) is 15.8. The molecule has 0 spiro atoms. The number of amides is 2. The fourth-order valence-corrected chi connectivity index (χ4v) is 2.54. The number of carbonyl (C=O) groups is 2. The van der Waals surface area contributed by atoms with Crippen molar-refractivity contribution in [2.24, 2.45) is 0 Å². The lowest BCUT2D eigenvalue weighted by molar-refractivity contribution is -0.148. The van der Waals surface area contributed by atoms with E-state index in [4.69, 9.17) is 4.74 Å². The monoisotopic (exact) mass is 272 g/mol. The zero-order valence-corrected chi connectivity index (χ0v) is 11.9. The normalized spacial score (nSPS) is 24.3. The number of carboxylic acid groups (broad SMARTS) is 1. The number of likely N-dealkylation sites (tertiary alicyclic amines) is 1. The van der Waals surface area contributed by atoms with Gasteiger partial charge in [0, 0.05) is 13.2 Å². The molecular formula is C13H24N2O4. The molecule has 0 aromatic rings. The second-order valence-electron chi connectivity index (χ2n) is 4.96. The van der Waals surface area contributed by atoms with Gasteiger partial charge in [-0.15, -0.1) is 0 Å². The van der Waals surface area contributed by atoms with Crippen molar-refractivity contribution in [1.29, 1.82) is 0 Å². The zero-order chi connectivity index (χ0) is 14.5. The van der Waals surface area contributed by atoms with Crippen LogP contribution in [-0.2, 0) is 9.53 Å². The molecule has 1 aliphatic heterocycles.